The monoisotopic (exact) mass is 441 g/mol. The Morgan fingerprint density at radius 3 is 2.16 bits per heavy atom. The van der Waals surface area contributed by atoms with Crippen molar-refractivity contribution in [2.75, 3.05) is 31.2 Å². The fraction of sp³-hybridized carbons (Fsp3) is 0.391. The molecule has 7 nitrogen and oxygen atoms in total. The maximum Gasteiger partial charge on any atom is 0.284 e. The van der Waals surface area contributed by atoms with E-state index in [1.807, 2.05) is 30.3 Å². The number of hydrogen-bond donors (Lipinski definition) is 0. The van der Waals surface area contributed by atoms with Crippen LogP contribution in [0.2, 0.25) is 0 Å². The molecule has 2 fully saturated rings. The van der Waals surface area contributed by atoms with Crippen molar-refractivity contribution in [2.24, 2.45) is 4.99 Å². The van der Waals surface area contributed by atoms with Crippen LogP contribution in [0.5, 0.6) is 0 Å². The van der Waals surface area contributed by atoms with Crippen LogP contribution in [0.15, 0.2) is 59.6 Å². The summed E-state index contributed by atoms with van der Waals surface area (Å²) < 4.78 is 33.2. The van der Waals surface area contributed by atoms with Crippen molar-refractivity contribution in [3.63, 3.8) is 0 Å². The topological polar surface area (TPSA) is 79.3 Å². The molecule has 8 heteroatoms. The Kier molecular flexibility index (Phi) is 5.61. The number of sulfonamides is 1. The van der Waals surface area contributed by atoms with E-state index in [1.54, 1.807) is 45.0 Å². The molecule has 0 N–H and O–H groups in total. The second kappa shape index (κ2) is 8.09. The first-order valence-corrected chi connectivity index (χ1v) is 11.8. The molecule has 0 saturated carbocycles. The third-order valence-electron chi connectivity index (χ3n) is 5.39. The maximum atomic E-state index is 13.4. The Morgan fingerprint density at radius 2 is 1.58 bits per heavy atom. The van der Waals surface area contributed by atoms with E-state index in [-0.39, 0.29) is 5.71 Å². The zero-order chi connectivity index (χ0) is 22.2. The van der Waals surface area contributed by atoms with Gasteiger partial charge in [0.2, 0.25) is 0 Å². The number of morpholine rings is 1. The van der Waals surface area contributed by atoms with E-state index >= 15 is 0 Å². The van der Waals surface area contributed by atoms with Crippen molar-refractivity contribution in [1.82, 2.24) is 4.31 Å². The van der Waals surface area contributed by atoms with Gasteiger partial charge in [0.25, 0.3) is 15.9 Å². The quantitative estimate of drug-likeness (QED) is 0.730. The van der Waals surface area contributed by atoms with E-state index in [9.17, 15) is 13.2 Å². The smallest absolute Gasteiger partial charge is 0.284 e. The van der Waals surface area contributed by atoms with Crippen LogP contribution >= 0.6 is 0 Å². The number of ether oxygens (including phenoxy) is 1. The number of anilines is 1. The molecule has 2 saturated heterocycles. The minimum absolute atomic E-state index is 0.0280. The second-order valence-corrected chi connectivity index (χ2v) is 10.6. The molecule has 1 atom stereocenters. The number of carbonyl (C=O) groups excluding carboxylic acids is 1. The van der Waals surface area contributed by atoms with Crippen molar-refractivity contribution in [3.05, 3.63) is 60.2 Å². The Labute approximate surface area is 183 Å². The lowest BCUT2D eigenvalue weighted by atomic mass is 10.0. The molecular weight excluding hydrogens is 414 g/mol. The van der Waals surface area contributed by atoms with E-state index in [0.717, 1.165) is 23.1 Å². The highest BCUT2D eigenvalue weighted by molar-refractivity contribution is 7.91. The zero-order valence-corrected chi connectivity index (χ0v) is 18.8. The second-order valence-electron chi connectivity index (χ2n) is 8.69. The molecule has 31 heavy (non-hydrogen) atoms. The summed E-state index contributed by atoms with van der Waals surface area (Å²) in [4.78, 5) is 20.0. The van der Waals surface area contributed by atoms with Crippen LogP contribution < -0.4 is 4.90 Å². The molecular formula is C23H27N3O4S. The van der Waals surface area contributed by atoms with E-state index in [4.69, 9.17) is 4.74 Å². The molecule has 2 aromatic rings. The molecule has 1 amide bonds. The van der Waals surface area contributed by atoms with Gasteiger partial charge in [-0.2, -0.15) is 0 Å². The van der Waals surface area contributed by atoms with Gasteiger partial charge in [-0.1, -0.05) is 30.3 Å². The van der Waals surface area contributed by atoms with Crippen molar-refractivity contribution >= 4 is 33.0 Å². The molecule has 2 heterocycles. The van der Waals surface area contributed by atoms with Crippen LogP contribution in [0.3, 0.4) is 0 Å². The van der Waals surface area contributed by atoms with Gasteiger partial charge in [-0.05, 0) is 50.6 Å². The largest absolute Gasteiger partial charge is 0.378 e. The molecule has 2 aromatic carbocycles. The highest BCUT2D eigenvalue weighted by Crippen LogP contribution is 2.39. The molecule has 2 aliphatic rings. The van der Waals surface area contributed by atoms with Gasteiger partial charge in [0.1, 0.15) is 5.71 Å². The highest BCUT2D eigenvalue weighted by atomic mass is 32.2. The number of nitrogens with zero attached hydrogens (tertiary/aromatic N) is 3. The lowest BCUT2D eigenvalue weighted by molar-refractivity contribution is -0.122. The number of benzene rings is 2. The summed E-state index contributed by atoms with van der Waals surface area (Å²) in [7, 11) is -3.95. The molecule has 164 valence electrons. The Morgan fingerprint density at radius 1 is 0.968 bits per heavy atom. The summed E-state index contributed by atoms with van der Waals surface area (Å²) in [6.45, 7) is 8.16. The predicted molar refractivity (Wildman–Crippen MR) is 121 cm³/mol. The van der Waals surface area contributed by atoms with E-state index < -0.39 is 26.7 Å². The fourth-order valence-corrected chi connectivity index (χ4v) is 6.26. The highest BCUT2D eigenvalue weighted by Gasteiger charge is 2.54. The summed E-state index contributed by atoms with van der Waals surface area (Å²) in [5, 5.41) is -1.13. The van der Waals surface area contributed by atoms with Crippen LogP contribution in [-0.4, -0.2) is 56.2 Å². The standard InChI is InChI=1S/C23H27N3O4S/c1-23(2,3)26-22(27)20(21(31(26,28)29)17-7-5-4-6-8-17)24-18-9-11-19(12-10-18)25-13-15-30-16-14-25/h4-12,21H,13-16H2,1-3H3. The number of aliphatic imine (C=N–C) groups is 1. The molecule has 0 aromatic heterocycles. The Balaban J connectivity index is 1.75. The zero-order valence-electron chi connectivity index (χ0n) is 18.0. The molecule has 2 aliphatic heterocycles. The van der Waals surface area contributed by atoms with Gasteiger partial charge < -0.3 is 9.64 Å². The minimum Gasteiger partial charge on any atom is -0.378 e. The lowest BCUT2D eigenvalue weighted by Gasteiger charge is -2.30. The van der Waals surface area contributed by atoms with Gasteiger partial charge in [0.05, 0.1) is 24.4 Å². The van der Waals surface area contributed by atoms with Crippen LogP contribution in [0, 0.1) is 0 Å². The molecule has 4 rings (SSSR count). The van der Waals surface area contributed by atoms with Crippen molar-refractivity contribution in [2.45, 2.75) is 31.6 Å². The predicted octanol–water partition coefficient (Wildman–Crippen LogP) is 3.31. The first kappa shape index (κ1) is 21.5. The summed E-state index contributed by atoms with van der Waals surface area (Å²) >= 11 is 0. The number of amides is 1. The first-order chi connectivity index (χ1) is 14.7. The molecule has 0 spiro atoms. The van der Waals surface area contributed by atoms with Crippen molar-refractivity contribution < 1.29 is 17.9 Å². The Hall–Kier alpha value is -2.71. The summed E-state index contributed by atoms with van der Waals surface area (Å²) in [6, 6.07) is 16.3. The van der Waals surface area contributed by atoms with Crippen molar-refractivity contribution in [1.29, 1.82) is 0 Å². The van der Waals surface area contributed by atoms with E-state index in [1.165, 1.54) is 0 Å². The fourth-order valence-electron chi connectivity index (χ4n) is 4.03. The third kappa shape index (κ3) is 4.09. The summed E-state index contributed by atoms with van der Waals surface area (Å²) in [5.74, 6) is -0.571. The number of carbonyl (C=O) groups is 1. The van der Waals surface area contributed by atoms with E-state index in [2.05, 4.69) is 9.89 Å². The van der Waals surface area contributed by atoms with Crippen LogP contribution in [0.25, 0.3) is 0 Å². The van der Waals surface area contributed by atoms with Gasteiger partial charge in [-0.3, -0.25) is 4.79 Å². The SMILES string of the molecule is CC(C)(C)N1C(=O)C(=Nc2ccc(N3CCOCC3)cc2)C(c2ccccc2)S1(=O)=O. The van der Waals surface area contributed by atoms with Crippen molar-refractivity contribution in [3.8, 4) is 0 Å². The third-order valence-corrected chi connectivity index (χ3v) is 7.71. The van der Waals surface area contributed by atoms with Crippen LogP contribution in [-0.2, 0) is 19.6 Å². The van der Waals surface area contributed by atoms with Crippen LogP contribution in [0.1, 0.15) is 31.6 Å². The van der Waals surface area contributed by atoms with Gasteiger partial charge in [0, 0.05) is 18.8 Å². The maximum absolute atomic E-state index is 13.4. The minimum atomic E-state index is -3.95. The number of rotatable bonds is 3. The average molecular weight is 442 g/mol. The molecule has 0 radical (unpaired) electrons. The molecule has 0 aliphatic carbocycles. The average Bonchev–Trinajstić information content (AvgIpc) is 2.94. The van der Waals surface area contributed by atoms with Gasteiger partial charge in [0.15, 0.2) is 5.25 Å². The normalized spacial score (nSPS) is 22.9. The molecule has 0 bridgehead atoms. The van der Waals surface area contributed by atoms with Gasteiger partial charge in [-0.25, -0.2) is 17.7 Å². The first-order valence-electron chi connectivity index (χ1n) is 10.3. The summed E-state index contributed by atoms with van der Waals surface area (Å²) in [5.41, 5.74) is 1.27. The van der Waals surface area contributed by atoms with Crippen LogP contribution in [0.4, 0.5) is 11.4 Å². The van der Waals surface area contributed by atoms with E-state index in [0.29, 0.717) is 24.5 Å². The van der Waals surface area contributed by atoms with Gasteiger partial charge >= 0.3 is 0 Å². The molecule has 1 unspecified atom stereocenters. The lowest BCUT2D eigenvalue weighted by Crippen LogP contribution is -2.45. The van der Waals surface area contributed by atoms with Gasteiger partial charge in [-0.15, -0.1) is 0 Å². The summed E-state index contributed by atoms with van der Waals surface area (Å²) in [6.07, 6.45) is 0. The Bertz CT molecular complexity index is 1080. The number of hydrogen-bond acceptors (Lipinski definition) is 6.